The minimum atomic E-state index is -0.188. The fourth-order valence-electron chi connectivity index (χ4n) is 2.19. The van der Waals surface area contributed by atoms with Crippen LogP contribution in [0.3, 0.4) is 0 Å². The maximum Gasteiger partial charge on any atom is 0.296 e. The topological polar surface area (TPSA) is 38.1 Å². The van der Waals surface area contributed by atoms with E-state index >= 15 is 0 Å². The normalized spacial score (nSPS) is 10.6. The molecule has 0 aliphatic carbocycles. The molecule has 0 atom stereocenters. The van der Waals surface area contributed by atoms with E-state index in [0.717, 1.165) is 24.3 Å². The van der Waals surface area contributed by atoms with E-state index in [1.54, 1.807) is 0 Å². The molecule has 4 nitrogen and oxygen atoms in total. The Hall–Kier alpha value is -1.81. The lowest BCUT2D eigenvalue weighted by atomic mass is 10.2. The molecule has 0 fully saturated rings. The summed E-state index contributed by atoms with van der Waals surface area (Å²) in [5, 5.41) is 4.54. The van der Waals surface area contributed by atoms with Gasteiger partial charge in [0.25, 0.3) is 5.56 Å². The van der Waals surface area contributed by atoms with Gasteiger partial charge in [-0.3, -0.25) is 4.79 Å². The van der Waals surface area contributed by atoms with Crippen molar-refractivity contribution in [2.24, 2.45) is 0 Å². The summed E-state index contributed by atoms with van der Waals surface area (Å²) in [6, 6.07) is 7.68. The molecule has 106 valence electrons. The van der Waals surface area contributed by atoms with Crippen molar-refractivity contribution in [3.63, 3.8) is 0 Å². The molecular weight excluding hydrogens is 274 g/mol. The Kier molecular flexibility index (Phi) is 4.45. The highest BCUT2D eigenvalue weighted by Gasteiger charge is 2.15. The summed E-state index contributed by atoms with van der Waals surface area (Å²) in [7, 11) is 0. The van der Waals surface area contributed by atoms with Gasteiger partial charge in [0.1, 0.15) is 5.69 Å². The molecule has 2 aromatic rings. The molecule has 1 aromatic heterocycles. The van der Waals surface area contributed by atoms with Gasteiger partial charge in [0, 0.05) is 13.1 Å². The van der Waals surface area contributed by atoms with E-state index in [0.29, 0.717) is 10.7 Å². The molecule has 0 saturated carbocycles. The van der Waals surface area contributed by atoms with Crippen LogP contribution in [-0.2, 0) is 0 Å². The molecular formula is C15H18ClN3O. The first-order chi connectivity index (χ1) is 9.58. The Morgan fingerprint density at radius 2 is 2.00 bits per heavy atom. The van der Waals surface area contributed by atoms with Crippen molar-refractivity contribution < 1.29 is 0 Å². The molecule has 1 aromatic carbocycles. The number of aromatic nitrogens is 2. The van der Waals surface area contributed by atoms with Crippen molar-refractivity contribution >= 4 is 17.3 Å². The van der Waals surface area contributed by atoms with Crippen LogP contribution in [0, 0.1) is 6.92 Å². The molecule has 0 aliphatic rings. The highest BCUT2D eigenvalue weighted by Crippen LogP contribution is 2.20. The van der Waals surface area contributed by atoms with Crippen LogP contribution in [0.25, 0.3) is 5.69 Å². The van der Waals surface area contributed by atoms with Gasteiger partial charge in [-0.15, -0.1) is 0 Å². The van der Waals surface area contributed by atoms with Crippen LogP contribution in [0.2, 0.25) is 5.02 Å². The molecule has 20 heavy (non-hydrogen) atoms. The van der Waals surface area contributed by atoms with Gasteiger partial charge in [-0.25, -0.2) is 0 Å². The summed E-state index contributed by atoms with van der Waals surface area (Å²) >= 11 is 6.15. The van der Waals surface area contributed by atoms with Crippen LogP contribution in [0.5, 0.6) is 0 Å². The average Bonchev–Trinajstić information content (AvgIpc) is 2.43. The fraction of sp³-hybridized carbons (Fsp3) is 0.333. The Balaban J connectivity index is 2.63. The summed E-state index contributed by atoms with van der Waals surface area (Å²) < 4.78 is 1.40. The second kappa shape index (κ2) is 6.09. The number of hydrogen-bond donors (Lipinski definition) is 0. The Morgan fingerprint density at radius 1 is 1.30 bits per heavy atom. The minimum absolute atomic E-state index is 0.188. The molecule has 2 rings (SSSR count). The number of nitrogens with zero attached hydrogens (tertiary/aromatic N) is 3. The molecule has 0 aliphatic heterocycles. The SMILES string of the molecule is CCN(CC)c1c(Cl)cnn(-c2cccc(C)c2)c1=O. The molecule has 0 amide bonds. The monoisotopic (exact) mass is 291 g/mol. The number of benzene rings is 1. The molecule has 0 bridgehead atoms. The zero-order valence-corrected chi connectivity index (χ0v) is 12.7. The second-order valence-electron chi connectivity index (χ2n) is 4.57. The third kappa shape index (κ3) is 2.70. The standard InChI is InChI=1S/C15H18ClN3O/c1-4-18(5-2)14-13(16)10-17-19(15(14)20)12-8-6-7-11(3)9-12/h6-10H,4-5H2,1-3H3. The predicted molar refractivity (Wildman–Crippen MR) is 83.1 cm³/mol. The molecule has 0 saturated heterocycles. The molecule has 0 spiro atoms. The average molecular weight is 292 g/mol. The number of rotatable bonds is 4. The van der Waals surface area contributed by atoms with Crippen LogP contribution in [0.4, 0.5) is 5.69 Å². The lowest BCUT2D eigenvalue weighted by Crippen LogP contribution is -2.33. The van der Waals surface area contributed by atoms with Gasteiger partial charge in [0.05, 0.1) is 16.9 Å². The third-order valence-corrected chi connectivity index (χ3v) is 3.51. The smallest absolute Gasteiger partial charge is 0.296 e. The number of hydrogen-bond acceptors (Lipinski definition) is 3. The van der Waals surface area contributed by atoms with Crippen LogP contribution in [0.1, 0.15) is 19.4 Å². The lowest BCUT2D eigenvalue weighted by Gasteiger charge is -2.21. The summed E-state index contributed by atoms with van der Waals surface area (Å²) in [6.07, 6.45) is 1.53. The molecule has 0 radical (unpaired) electrons. The number of halogens is 1. The predicted octanol–water partition coefficient (Wildman–Crippen LogP) is 3.04. The van der Waals surface area contributed by atoms with Crippen LogP contribution >= 0.6 is 11.6 Å². The second-order valence-corrected chi connectivity index (χ2v) is 4.98. The van der Waals surface area contributed by atoms with Gasteiger partial charge in [-0.05, 0) is 38.5 Å². The van der Waals surface area contributed by atoms with Crippen molar-refractivity contribution in [2.45, 2.75) is 20.8 Å². The van der Waals surface area contributed by atoms with E-state index in [1.165, 1.54) is 10.9 Å². The van der Waals surface area contributed by atoms with Crippen molar-refractivity contribution in [3.8, 4) is 5.69 Å². The van der Waals surface area contributed by atoms with Crippen LogP contribution < -0.4 is 10.5 Å². The highest BCUT2D eigenvalue weighted by molar-refractivity contribution is 6.33. The molecule has 0 N–H and O–H groups in total. The third-order valence-electron chi connectivity index (χ3n) is 3.23. The van der Waals surface area contributed by atoms with E-state index in [-0.39, 0.29) is 5.56 Å². The summed E-state index contributed by atoms with van der Waals surface area (Å²) in [5.41, 5.74) is 2.15. The molecule has 0 unspecified atom stereocenters. The van der Waals surface area contributed by atoms with Gasteiger partial charge < -0.3 is 4.90 Å². The number of aryl methyl sites for hydroxylation is 1. The van der Waals surface area contributed by atoms with E-state index in [2.05, 4.69) is 5.10 Å². The zero-order valence-electron chi connectivity index (χ0n) is 11.9. The first kappa shape index (κ1) is 14.6. The first-order valence-electron chi connectivity index (χ1n) is 6.68. The van der Waals surface area contributed by atoms with Gasteiger partial charge >= 0.3 is 0 Å². The number of anilines is 1. The van der Waals surface area contributed by atoms with Crippen molar-refractivity contribution in [2.75, 3.05) is 18.0 Å². The Labute approximate surface area is 123 Å². The van der Waals surface area contributed by atoms with Crippen molar-refractivity contribution in [3.05, 3.63) is 51.4 Å². The fourth-order valence-corrected chi connectivity index (χ4v) is 2.44. The summed E-state index contributed by atoms with van der Waals surface area (Å²) in [4.78, 5) is 14.6. The van der Waals surface area contributed by atoms with Crippen molar-refractivity contribution in [1.29, 1.82) is 0 Å². The van der Waals surface area contributed by atoms with Gasteiger partial charge in [0.2, 0.25) is 0 Å². The van der Waals surface area contributed by atoms with Crippen LogP contribution in [-0.4, -0.2) is 22.9 Å². The molecule has 1 heterocycles. The largest absolute Gasteiger partial charge is 0.366 e. The van der Waals surface area contributed by atoms with E-state index in [9.17, 15) is 4.79 Å². The van der Waals surface area contributed by atoms with Gasteiger partial charge in [-0.2, -0.15) is 9.78 Å². The molecule has 5 heteroatoms. The van der Waals surface area contributed by atoms with Crippen molar-refractivity contribution in [1.82, 2.24) is 9.78 Å². The Morgan fingerprint density at radius 3 is 2.60 bits per heavy atom. The highest BCUT2D eigenvalue weighted by atomic mass is 35.5. The quantitative estimate of drug-likeness (QED) is 0.869. The minimum Gasteiger partial charge on any atom is -0.366 e. The van der Waals surface area contributed by atoms with Gasteiger partial charge in [-0.1, -0.05) is 23.7 Å². The Bertz CT molecular complexity index is 662. The van der Waals surface area contributed by atoms with E-state index in [1.807, 2.05) is 49.9 Å². The van der Waals surface area contributed by atoms with E-state index in [4.69, 9.17) is 11.6 Å². The lowest BCUT2D eigenvalue weighted by molar-refractivity contribution is 0.777. The summed E-state index contributed by atoms with van der Waals surface area (Å²) in [5.74, 6) is 0. The first-order valence-corrected chi connectivity index (χ1v) is 7.06. The zero-order chi connectivity index (χ0) is 14.7. The van der Waals surface area contributed by atoms with Gasteiger partial charge in [0.15, 0.2) is 0 Å². The summed E-state index contributed by atoms with van der Waals surface area (Å²) in [6.45, 7) is 7.43. The maximum atomic E-state index is 12.6. The van der Waals surface area contributed by atoms with Crippen LogP contribution in [0.15, 0.2) is 35.3 Å². The van der Waals surface area contributed by atoms with E-state index < -0.39 is 0 Å². The maximum absolute atomic E-state index is 12.6.